The van der Waals surface area contributed by atoms with Gasteiger partial charge in [0.1, 0.15) is 0 Å². The minimum Gasteiger partial charge on any atom is -0.469 e. The number of nitrogens with one attached hydrogen (secondary N) is 1. The second-order valence-electron chi connectivity index (χ2n) is 5.22. The predicted octanol–water partition coefficient (Wildman–Crippen LogP) is 2.60. The number of hydrogen-bond acceptors (Lipinski definition) is 4. The first-order chi connectivity index (χ1) is 10.1. The molecule has 21 heavy (non-hydrogen) atoms. The van der Waals surface area contributed by atoms with Gasteiger partial charge in [0, 0.05) is 12.5 Å². The van der Waals surface area contributed by atoms with E-state index < -0.39 is 6.10 Å². The third-order valence-corrected chi connectivity index (χ3v) is 3.59. The monoisotopic (exact) mass is 293 g/mol. The first kappa shape index (κ1) is 17.7. The molecular formula is C17H27NO3. The lowest BCUT2D eigenvalue weighted by atomic mass is 9.96. The van der Waals surface area contributed by atoms with Crippen molar-refractivity contribution < 1.29 is 14.6 Å². The van der Waals surface area contributed by atoms with E-state index in [-0.39, 0.29) is 12.0 Å². The van der Waals surface area contributed by atoms with E-state index in [1.807, 2.05) is 19.1 Å². The molecule has 0 bridgehead atoms. The Bertz CT molecular complexity index is 417. The average molecular weight is 293 g/mol. The van der Waals surface area contributed by atoms with E-state index >= 15 is 0 Å². The summed E-state index contributed by atoms with van der Waals surface area (Å²) in [5.41, 5.74) is 2.16. The first-order valence-electron chi connectivity index (χ1n) is 7.69. The zero-order valence-electron chi connectivity index (χ0n) is 13.3. The molecule has 4 nitrogen and oxygen atoms in total. The molecule has 1 rings (SSSR count). The highest BCUT2D eigenvalue weighted by Crippen LogP contribution is 2.21. The lowest BCUT2D eigenvalue weighted by molar-refractivity contribution is -0.141. The second kappa shape index (κ2) is 9.53. The number of likely N-dealkylation sites (N-methyl/N-ethyl adjacent to an activating group) is 1. The summed E-state index contributed by atoms with van der Waals surface area (Å²) >= 11 is 0. The largest absolute Gasteiger partial charge is 0.469 e. The SMILES string of the molecule is CCCc1ccc(C(O)C(CCC(=O)OC)NCC)cc1. The summed E-state index contributed by atoms with van der Waals surface area (Å²) in [7, 11) is 1.38. The van der Waals surface area contributed by atoms with Crippen LogP contribution in [-0.2, 0) is 16.0 Å². The zero-order valence-corrected chi connectivity index (χ0v) is 13.3. The maximum atomic E-state index is 11.3. The summed E-state index contributed by atoms with van der Waals surface area (Å²) in [5.74, 6) is -0.247. The molecule has 0 saturated carbocycles. The van der Waals surface area contributed by atoms with Gasteiger partial charge in [0.2, 0.25) is 0 Å². The van der Waals surface area contributed by atoms with Gasteiger partial charge in [-0.15, -0.1) is 0 Å². The van der Waals surface area contributed by atoms with Gasteiger partial charge in [-0.05, 0) is 30.5 Å². The summed E-state index contributed by atoms with van der Waals surface area (Å²) in [6.45, 7) is 4.88. The Hall–Kier alpha value is -1.39. The number of hydrogen-bond donors (Lipinski definition) is 2. The van der Waals surface area contributed by atoms with E-state index in [4.69, 9.17) is 0 Å². The van der Waals surface area contributed by atoms with E-state index in [2.05, 4.69) is 29.1 Å². The minimum absolute atomic E-state index is 0.147. The first-order valence-corrected chi connectivity index (χ1v) is 7.69. The van der Waals surface area contributed by atoms with Crippen LogP contribution in [0.4, 0.5) is 0 Å². The van der Waals surface area contributed by atoms with Crippen molar-refractivity contribution in [1.82, 2.24) is 5.32 Å². The summed E-state index contributed by atoms with van der Waals surface area (Å²) in [4.78, 5) is 11.3. The van der Waals surface area contributed by atoms with E-state index in [0.29, 0.717) is 12.8 Å². The van der Waals surface area contributed by atoms with E-state index in [0.717, 1.165) is 24.9 Å². The number of benzene rings is 1. The lowest BCUT2D eigenvalue weighted by Crippen LogP contribution is -2.35. The van der Waals surface area contributed by atoms with Crippen LogP contribution in [-0.4, -0.2) is 30.8 Å². The van der Waals surface area contributed by atoms with E-state index in [1.165, 1.54) is 12.7 Å². The fraction of sp³-hybridized carbons (Fsp3) is 0.588. The standard InChI is InChI=1S/C17H27NO3/c1-4-6-13-7-9-14(10-8-13)17(20)15(18-5-2)11-12-16(19)21-3/h7-10,15,17-18,20H,4-6,11-12H2,1-3H3. The number of aliphatic hydroxyl groups is 1. The quantitative estimate of drug-likeness (QED) is 0.687. The van der Waals surface area contributed by atoms with Crippen LogP contribution in [0.3, 0.4) is 0 Å². The Morgan fingerprint density at radius 3 is 2.48 bits per heavy atom. The molecule has 0 fully saturated rings. The van der Waals surface area contributed by atoms with Crippen molar-refractivity contribution in [1.29, 1.82) is 0 Å². The fourth-order valence-corrected chi connectivity index (χ4v) is 2.41. The zero-order chi connectivity index (χ0) is 15.7. The van der Waals surface area contributed by atoms with Gasteiger partial charge in [-0.1, -0.05) is 44.5 Å². The Balaban J connectivity index is 2.69. The molecule has 0 spiro atoms. The Morgan fingerprint density at radius 1 is 1.29 bits per heavy atom. The molecule has 2 N–H and O–H groups in total. The maximum Gasteiger partial charge on any atom is 0.305 e. The second-order valence-corrected chi connectivity index (χ2v) is 5.22. The number of methoxy groups -OCH3 is 1. The van der Waals surface area contributed by atoms with Crippen LogP contribution in [0, 0.1) is 0 Å². The van der Waals surface area contributed by atoms with Crippen molar-refractivity contribution in [2.24, 2.45) is 0 Å². The molecule has 0 amide bonds. The number of aryl methyl sites for hydroxylation is 1. The number of carbonyl (C=O) groups excluding carboxylic acids is 1. The number of aliphatic hydroxyl groups excluding tert-OH is 1. The molecule has 118 valence electrons. The third-order valence-electron chi connectivity index (χ3n) is 3.59. The third kappa shape index (κ3) is 5.86. The Kier molecular flexibility index (Phi) is 8.01. The molecule has 0 aliphatic heterocycles. The fourth-order valence-electron chi connectivity index (χ4n) is 2.41. The molecule has 0 radical (unpaired) electrons. The van der Waals surface area contributed by atoms with Crippen molar-refractivity contribution in [3.05, 3.63) is 35.4 Å². The van der Waals surface area contributed by atoms with Crippen LogP contribution in [0.15, 0.2) is 24.3 Å². The molecule has 4 heteroatoms. The summed E-state index contributed by atoms with van der Waals surface area (Å²) in [6, 6.07) is 7.92. The molecule has 2 atom stereocenters. The minimum atomic E-state index is -0.620. The molecule has 0 aliphatic rings. The highest BCUT2D eigenvalue weighted by molar-refractivity contribution is 5.69. The molecule has 2 unspecified atom stereocenters. The van der Waals surface area contributed by atoms with Crippen molar-refractivity contribution >= 4 is 5.97 Å². The van der Waals surface area contributed by atoms with Crippen molar-refractivity contribution in [2.45, 2.75) is 51.7 Å². The van der Waals surface area contributed by atoms with Crippen molar-refractivity contribution in [2.75, 3.05) is 13.7 Å². The number of ether oxygens (including phenoxy) is 1. The summed E-state index contributed by atoms with van der Waals surface area (Å²) in [6.07, 6.45) is 2.40. The average Bonchev–Trinajstić information content (AvgIpc) is 2.51. The number of carbonyl (C=O) groups is 1. The highest BCUT2D eigenvalue weighted by atomic mass is 16.5. The lowest BCUT2D eigenvalue weighted by Gasteiger charge is -2.24. The molecule has 1 aromatic carbocycles. The van der Waals surface area contributed by atoms with Gasteiger partial charge < -0.3 is 15.2 Å². The van der Waals surface area contributed by atoms with Crippen LogP contribution in [0.5, 0.6) is 0 Å². The van der Waals surface area contributed by atoms with Gasteiger partial charge in [-0.2, -0.15) is 0 Å². The number of rotatable bonds is 9. The molecular weight excluding hydrogens is 266 g/mol. The maximum absolute atomic E-state index is 11.3. The molecule has 0 aromatic heterocycles. The van der Waals surface area contributed by atoms with Gasteiger partial charge in [-0.3, -0.25) is 4.79 Å². The molecule has 0 saturated heterocycles. The smallest absolute Gasteiger partial charge is 0.305 e. The Morgan fingerprint density at radius 2 is 1.95 bits per heavy atom. The van der Waals surface area contributed by atoms with E-state index in [1.54, 1.807) is 0 Å². The summed E-state index contributed by atoms with van der Waals surface area (Å²) < 4.78 is 4.66. The summed E-state index contributed by atoms with van der Waals surface area (Å²) in [5, 5.41) is 13.7. The van der Waals surface area contributed by atoms with Crippen molar-refractivity contribution in [3.63, 3.8) is 0 Å². The van der Waals surface area contributed by atoms with Crippen LogP contribution in [0.2, 0.25) is 0 Å². The van der Waals surface area contributed by atoms with Gasteiger partial charge in [0.05, 0.1) is 13.2 Å². The van der Waals surface area contributed by atoms with Gasteiger partial charge in [0.15, 0.2) is 0 Å². The number of esters is 1. The van der Waals surface area contributed by atoms with Gasteiger partial charge >= 0.3 is 5.97 Å². The van der Waals surface area contributed by atoms with Gasteiger partial charge in [-0.25, -0.2) is 0 Å². The Labute approximate surface area is 127 Å². The molecule has 0 heterocycles. The van der Waals surface area contributed by atoms with Crippen LogP contribution in [0.25, 0.3) is 0 Å². The molecule has 0 aliphatic carbocycles. The van der Waals surface area contributed by atoms with E-state index in [9.17, 15) is 9.90 Å². The van der Waals surface area contributed by atoms with Gasteiger partial charge in [0.25, 0.3) is 0 Å². The van der Waals surface area contributed by atoms with Crippen LogP contribution < -0.4 is 5.32 Å². The normalized spacial score (nSPS) is 13.7. The topological polar surface area (TPSA) is 58.6 Å². The highest BCUT2D eigenvalue weighted by Gasteiger charge is 2.21. The van der Waals surface area contributed by atoms with Crippen molar-refractivity contribution in [3.8, 4) is 0 Å². The van der Waals surface area contributed by atoms with Crippen LogP contribution in [0.1, 0.15) is 50.3 Å². The molecule has 1 aromatic rings. The predicted molar refractivity (Wildman–Crippen MR) is 84.1 cm³/mol. The van der Waals surface area contributed by atoms with Crippen LogP contribution >= 0.6 is 0 Å².